The molecule has 0 radical (unpaired) electrons. The van der Waals surface area contributed by atoms with Crippen LogP contribution in [0.25, 0.3) is 0 Å². The van der Waals surface area contributed by atoms with E-state index in [2.05, 4.69) is 9.84 Å². The molecule has 1 fully saturated rings. The second-order valence-corrected chi connectivity index (χ2v) is 2.84. The molecule has 8 heteroatoms. The van der Waals surface area contributed by atoms with Crippen molar-refractivity contribution in [2.24, 2.45) is 5.10 Å². The molecular formula is C7H7N3O5. The molecule has 2 aliphatic rings. The second-order valence-electron chi connectivity index (χ2n) is 2.84. The lowest BCUT2D eigenvalue weighted by Gasteiger charge is -2.05. The standard InChI is InChI=1S/C7H7N3O5/c11-7-9(3-4-14-7)8-5-1-2-6(15-5)10(12)13/h2H,1,3-4H2. The summed E-state index contributed by atoms with van der Waals surface area (Å²) in [7, 11) is 0. The number of ether oxygens (including phenoxy) is 2. The Labute approximate surface area is 83.9 Å². The molecule has 2 rings (SSSR count). The number of carbonyl (C=O) groups excluding carboxylic acids is 1. The second kappa shape index (κ2) is 3.56. The van der Waals surface area contributed by atoms with Gasteiger partial charge in [-0.05, 0) is 0 Å². The van der Waals surface area contributed by atoms with Crippen LogP contribution in [0.4, 0.5) is 4.79 Å². The number of carbonyl (C=O) groups is 1. The Hall–Kier alpha value is -2.12. The summed E-state index contributed by atoms with van der Waals surface area (Å²) in [5.74, 6) is -0.234. The van der Waals surface area contributed by atoms with Gasteiger partial charge in [0.2, 0.25) is 5.90 Å². The van der Waals surface area contributed by atoms with Gasteiger partial charge in [0.1, 0.15) is 11.5 Å². The fourth-order valence-corrected chi connectivity index (χ4v) is 1.16. The van der Waals surface area contributed by atoms with E-state index in [1.807, 2.05) is 0 Å². The van der Waals surface area contributed by atoms with Crippen LogP contribution in [0.1, 0.15) is 6.42 Å². The fourth-order valence-electron chi connectivity index (χ4n) is 1.16. The van der Waals surface area contributed by atoms with Gasteiger partial charge in [-0.3, -0.25) is 10.1 Å². The van der Waals surface area contributed by atoms with Crippen LogP contribution < -0.4 is 0 Å². The van der Waals surface area contributed by atoms with Crippen molar-refractivity contribution in [3.63, 3.8) is 0 Å². The van der Waals surface area contributed by atoms with Crippen molar-refractivity contribution >= 4 is 12.0 Å². The first-order valence-electron chi connectivity index (χ1n) is 4.21. The lowest BCUT2D eigenvalue weighted by molar-refractivity contribution is -0.454. The molecule has 0 aliphatic carbocycles. The van der Waals surface area contributed by atoms with E-state index in [9.17, 15) is 14.9 Å². The first kappa shape index (κ1) is 9.44. The molecule has 0 aromatic rings. The summed E-state index contributed by atoms with van der Waals surface area (Å²) in [6.07, 6.45) is 0.931. The molecule has 2 aliphatic heterocycles. The minimum absolute atomic E-state index is 0.126. The molecule has 80 valence electrons. The molecule has 0 aromatic carbocycles. The lowest BCUT2D eigenvalue weighted by Crippen LogP contribution is -2.20. The third kappa shape index (κ3) is 1.87. The maximum absolute atomic E-state index is 11.0. The highest BCUT2D eigenvalue weighted by molar-refractivity contribution is 5.82. The Morgan fingerprint density at radius 2 is 2.40 bits per heavy atom. The van der Waals surface area contributed by atoms with Crippen molar-refractivity contribution in [1.82, 2.24) is 5.01 Å². The van der Waals surface area contributed by atoms with E-state index >= 15 is 0 Å². The normalized spacial score (nSPS) is 22.7. The number of cyclic esters (lactones) is 1. The Balaban J connectivity index is 2.00. The zero-order chi connectivity index (χ0) is 10.8. The molecule has 1 amide bonds. The predicted octanol–water partition coefficient (Wildman–Crippen LogP) is 0.290. The van der Waals surface area contributed by atoms with E-state index in [0.717, 1.165) is 5.01 Å². The highest BCUT2D eigenvalue weighted by Gasteiger charge is 2.27. The summed E-state index contributed by atoms with van der Waals surface area (Å²) in [4.78, 5) is 20.6. The summed E-state index contributed by atoms with van der Waals surface area (Å²) in [5.41, 5.74) is 0. The Morgan fingerprint density at radius 3 is 2.93 bits per heavy atom. The third-order valence-corrected chi connectivity index (χ3v) is 1.83. The zero-order valence-corrected chi connectivity index (χ0v) is 7.58. The van der Waals surface area contributed by atoms with Gasteiger partial charge in [0.25, 0.3) is 0 Å². The molecule has 0 aromatic heterocycles. The van der Waals surface area contributed by atoms with Crippen molar-refractivity contribution in [3.8, 4) is 0 Å². The molecule has 15 heavy (non-hydrogen) atoms. The molecule has 0 spiro atoms. The minimum Gasteiger partial charge on any atom is -0.446 e. The molecule has 0 unspecified atom stereocenters. The van der Waals surface area contributed by atoms with Crippen LogP contribution >= 0.6 is 0 Å². The highest BCUT2D eigenvalue weighted by atomic mass is 16.7. The van der Waals surface area contributed by atoms with Crippen molar-refractivity contribution in [1.29, 1.82) is 0 Å². The molecule has 1 saturated heterocycles. The number of rotatable bonds is 2. The smallest absolute Gasteiger partial charge is 0.430 e. The van der Waals surface area contributed by atoms with Crippen molar-refractivity contribution in [3.05, 3.63) is 22.1 Å². The quantitative estimate of drug-likeness (QED) is 0.485. The lowest BCUT2D eigenvalue weighted by atomic mass is 10.4. The van der Waals surface area contributed by atoms with Crippen molar-refractivity contribution in [2.75, 3.05) is 13.2 Å². The van der Waals surface area contributed by atoms with Crippen LogP contribution in [0.5, 0.6) is 0 Å². The number of hydrazone groups is 1. The third-order valence-electron chi connectivity index (χ3n) is 1.83. The van der Waals surface area contributed by atoms with Crippen LogP contribution in [0.15, 0.2) is 17.1 Å². The van der Waals surface area contributed by atoms with Gasteiger partial charge in [-0.1, -0.05) is 0 Å². The number of nitrogens with zero attached hydrogens (tertiary/aromatic N) is 3. The van der Waals surface area contributed by atoms with Gasteiger partial charge < -0.3 is 9.47 Å². The topological polar surface area (TPSA) is 94.3 Å². The fraction of sp³-hybridized carbons (Fsp3) is 0.429. The molecule has 8 nitrogen and oxygen atoms in total. The van der Waals surface area contributed by atoms with Gasteiger partial charge in [-0.25, -0.2) is 4.79 Å². The van der Waals surface area contributed by atoms with Crippen LogP contribution in [-0.4, -0.2) is 35.1 Å². The van der Waals surface area contributed by atoms with Crippen molar-refractivity contribution in [2.45, 2.75) is 6.42 Å². The Bertz CT molecular complexity index is 375. The van der Waals surface area contributed by atoms with Gasteiger partial charge in [0, 0.05) is 6.08 Å². The van der Waals surface area contributed by atoms with Crippen LogP contribution in [0.2, 0.25) is 0 Å². The van der Waals surface area contributed by atoms with E-state index < -0.39 is 11.0 Å². The van der Waals surface area contributed by atoms with E-state index in [0.29, 0.717) is 6.54 Å². The Kier molecular flexibility index (Phi) is 2.24. The maximum Gasteiger partial charge on any atom is 0.430 e. The van der Waals surface area contributed by atoms with Gasteiger partial charge >= 0.3 is 12.0 Å². The SMILES string of the molecule is O=C1OCCN1N=C1CC=C([N+](=O)[O-])O1. The largest absolute Gasteiger partial charge is 0.446 e. The molecule has 2 heterocycles. The molecular weight excluding hydrogens is 206 g/mol. The van der Waals surface area contributed by atoms with Crippen molar-refractivity contribution < 1.29 is 19.2 Å². The monoisotopic (exact) mass is 213 g/mol. The zero-order valence-electron chi connectivity index (χ0n) is 7.58. The Morgan fingerprint density at radius 1 is 1.60 bits per heavy atom. The predicted molar refractivity (Wildman–Crippen MR) is 46.3 cm³/mol. The average Bonchev–Trinajstić information content (AvgIpc) is 2.77. The molecule has 0 N–H and O–H groups in total. The van der Waals surface area contributed by atoms with E-state index in [1.54, 1.807) is 0 Å². The summed E-state index contributed by atoms with van der Waals surface area (Å²) in [6, 6.07) is 0. The highest BCUT2D eigenvalue weighted by Crippen LogP contribution is 2.14. The van der Waals surface area contributed by atoms with E-state index in [-0.39, 0.29) is 24.8 Å². The van der Waals surface area contributed by atoms with Gasteiger partial charge in [-0.15, -0.1) is 5.10 Å². The number of nitro groups is 1. The first-order valence-corrected chi connectivity index (χ1v) is 4.21. The van der Waals surface area contributed by atoms with Crippen LogP contribution in [0.3, 0.4) is 0 Å². The summed E-state index contributed by atoms with van der Waals surface area (Å²) in [6.45, 7) is 0.602. The van der Waals surface area contributed by atoms with Crippen LogP contribution in [-0.2, 0) is 9.47 Å². The van der Waals surface area contributed by atoms with Gasteiger partial charge in [0.15, 0.2) is 0 Å². The summed E-state index contributed by atoms with van der Waals surface area (Å²) < 4.78 is 9.42. The number of amides is 1. The van der Waals surface area contributed by atoms with Crippen LogP contribution in [0, 0.1) is 10.1 Å². The van der Waals surface area contributed by atoms with Gasteiger partial charge in [0.05, 0.1) is 13.0 Å². The minimum atomic E-state index is -0.648. The number of hydrogen-bond donors (Lipinski definition) is 0. The maximum atomic E-state index is 11.0. The summed E-state index contributed by atoms with van der Waals surface area (Å²) >= 11 is 0. The average molecular weight is 213 g/mol. The molecule has 0 bridgehead atoms. The van der Waals surface area contributed by atoms with Gasteiger partial charge in [-0.2, -0.15) is 5.01 Å². The molecule has 0 saturated carbocycles. The molecule has 0 atom stereocenters. The summed E-state index contributed by atoms with van der Waals surface area (Å²) in [5, 5.41) is 15.2. The van der Waals surface area contributed by atoms with E-state index in [4.69, 9.17) is 4.74 Å². The number of hydrogen-bond acceptors (Lipinski definition) is 6. The van der Waals surface area contributed by atoms with E-state index in [1.165, 1.54) is 6.08 Å². The first-order chi connectivity index (χ1) is 7.16.